The molecule has 0 aliphatic carbocycles. The summed E-state index contributed by atoms with van der Waals surface area (Å²) in [5.74, 6) is 0.235. The lowest BCUT2D eigenvalue weighted by Gasteiger charge is -2.32. The summed E-state index contributed by atoms with van der Waals surface area (Å²) in [4.78, 5) is 21.2. The van der Waals surface area contributed by atoms with Crippen LogP contribution in [0.2, 0.25) is 0 Å². The van der Waals surface area contributed by atoms with Gasteiger partial charge in [0.1, 0.15) is 0 Å². The van der Waals surface area contributed by atoms with Gasteiger partial charge in [-0.05, 0) is 25.0 Å². The molecule has 7 heteroatoms. The second-order valence-corrected chi connectivity index (χ2v) is 6.05. The Morgan fingerprint density at radius 2 is 2.00 bits per heavy atom. The van der Waals surface area contributed by atoms with Gasteiger partial charge in [-0.1, -0.05) is 6.07 Å². The molecule has 3 rings (SSSR count). The molecule has 3 heterocycles. The van der Waals surface area contributed by atoms with Crippen LogP contribution in [0.25, 0.3) is 0 Å². The van der Waals surface area contributed by atoms with Gasteiger partial charge in [-0.15, -0.1) is 24.8 Å². The van der Waals surface area contributed by atoms with E-state index < -0.39 is 0 Å². The van der Waals surface area contributed by atoms with Crippen molar-refractivity contribution in [1.29, 1.82) is 0 Å². The maximum Gasteiger partial charge on any atom is 0.227 e. The van der Waals surface area contributed by atoms with Gasteiger partial charge >= 0.3 is 0 Å². The predicted octanol–water partition coefficient (Wildman–Crippen LogP) is 1.28. The molecule has 0 aromatic carbocycles. The number of hydrogen-bond donors (Lipinski definition) is 1. The molecule has 1 aromatic rings. The van der Waals surface area contributed by atoms with Crippen LogP contribution in [0.1, 0.15) is 17.7 Å². The van der Waals surface area contributed by atoms with E-state index in [-0.39, 0.29) is 30.7 Å². The Hall–Kier alpha value is -0.880. The first-order valence-corrected chi connectivity index (χ1v) is 7.86. The van der Waals surface area contributed by atoms with Gasteiger partial charge in [0.05, 0.1) is 6.42 Å². The fraction of sp³-hybridized carbons (Fsp3) is 0.625. The fourth-order valence-electron chi connectivity index (χ4n) is 3.20. The second-order valence-electron chi connectivity index (χ2n) is 6.05. The van der Waals surface area contributed by atoms with Crippen molar-refractivity contribution in [3.05, 3.63) is 29.6 Å². The van der Waals surface area contributed by atoms with E-state index in [9.17, 15) is 4.79 Å². The second kappa shape index (κ2) is 9.42. The van der Waals surface area contributed by atoms with Gasteiger partial charge in [-0.2, -0.15) is 0 Å². The number of nitrogens with one attached hydrogen (secondary N) is 1. The minimum absolute atomic E-state index is 0. The fourth-order valence-corrected chi connectivity index (χ4v) is 3.20. The Morgan fingerprint density at radius 1 is 1.26 bits per heavy atom. The number of carbonyl (C=O) groups excluding carboxylic acids is 1. The monoisotopic (exact) mass is 360 g/mol. The van der Waals surface area contributed by atoms with Crippen molar-refractivity contribution in [3.8, 4) is 0 Å². The number of rotatable bonds is 3. The van der Waals surface area contributed by atoms with E-state index in [1.807, 2.05) is 30.2 Å². The van der Waals surface area contributed by atoms with Gasteiger partial charge in [0.2, 0.25) is 5.91 Å². The third-order valence-electron chi connectivity index (χ3n) is 4.51. The summed E-state index contributed by atoms with van der Waals surface area (Å²) in [7, 11) is 0. The predicted molar refractivity (Wildman–Crippen MR) is 96.6 cm³/mol. The largest absolute Gasteiger partial charge is 0.341 e. The van der Waals surface area contributed by atoms with Crippen molar-refractivity contribution in [2.24, 2.45) is 0 Å². The molecular formula is C16H26Cl2N4O. The molecular weight excluding hydrogens is 335 g/mol. The normalized spacial score (nSPS) is 21.4. The zero-order valence-corrected chi connectivity index (χ0v) is 15.2. The number of likely N-dealkylation sites (tertiary alicyclic amines) is 1. The lowest BCUT2D eigenvalue weighted by atomic mass is 10.2. The molecule has 2 fully saturated rings. The zero-order chi connectivity index (χ0) is 14.7. The summed E-state index contributed by atoms with van der Waals surface area (Å²) in [6.45, 7) is 8.09. The molecule has 2 aliphatic heterocycles. The van der Waals surface area contributed by atoms with Crippen LogP contribution < -0.4 is 5.32 Å². The molecule has 0 bridgehead atoms. The van der Waals surface area contributed by atoms with Crippen LogP contribution in [0, 0.1) is 6.92 Å². The first kappa shape index (κ1) is 20.2. The minimum atomic E-state index is 0. The molecule has 0 spiro atoms. The number of carbonyl (C=O) groups is 1. The lowest BCUT2D eigenvalue weighted by Crippen LogP contribution is -2.49. The van der Waals surface area contributed by atoms with E-state index in [4.69, 9.17) is 0 Å². The molecule has 23 heavy (non-hydrogen) atoms. The number of pyridine rings is 1. The highest BCUT2D eigenvalue weighted by Gasteiger charge is 2.30. The highest BCUT2D eigenvalue weighted by molar-refractivity contribution is 5.85. The number of halogens is 2. The van der Waals surface area contributed by atoms with Crippen molar-refractivity contribution < 1.29 is 4.79 Å². The van der Waals surface area contributed by atoms with Crippen LogP contribution in [0.4, 0.5) is 0 Å². The number of piperazine rings is 1. The van der Waals surface area contributed by atoms with Gasteiger partial charge in [-0.25, -0.2) is 0 Å². The third-order valence-corrected chi connectivity index (χ3v) is 4.51. The molecule has 1 N–H and O–H groups in total. The van der Waals surface area contributed by atoms with Crippen molar-refractivity contribution in [2.75, 3.05) is 39.3 Å². The van der Waals surface area contributed by atoms with E-state index in [2.05, 4.69) is 15.2 Å². The maximum atomic E-state index is 12.4. The zero-order valence-electron chi connectivity index (χ0n) is 13.5. The third kappa shape index (κ3) is 5.31. The Labute approximate surface area is 150 Å². The summed E-state index contributed by atoms with van der Waals surface area (Å²) in [6.07, 6.45) is 3.40. The van der Waals surface area contributed by atoms with Crippen LogP contribution in [0.3, 0.4) is 0 Å². The summed E-state index contributed by atoms with van der Waals surface area (Å²) in [5, 5.41) is 3.38. The lowest BCUT2D eigenvalue weighted by molar-refractivity contribution is -0.129. The van der Waals surface area contributed by atoms with Crippen molar-refractivity contribution in [2.45, 2.75) is 25.8 Å². The standard InChI is InChI=1S/C16H24N4O.2ClH/c1-13-2-3-14(11-18-13)10-16(21)20-7-4-15(12-20)19-8-5-17-6-9-19;;/h2-3,11,15,17H,4-10,12H2,1H3;2*1H. The first-order valence-electron chi connectivity index (χ1n) is 7.86. The van der Waals surface area contributed by atoms with Gasteiger partial charge < -0.3 is 10.2 Å². The average Bonchev–Trinajstić information content (AvgIpc) is 3.00. The van der Waals surface area contributed by atoms with Crippen LogP contribution in [0.15, 0.2) is 18.3 Å². The summed E-state index contributed by atoms with van der Waals surface area (Å²) >= 11 is 0. The van der Waals surface area contributed by atoms with E-state index in [1.54, 1.807) is 0 Å². The molecule has 1 amide bonds. The van der Waals surface area contributed by atoms with Crippen molar-refractivity contribution in [1.82, 2.24) is 20.1 Å². The molecule has 1 atom stereocenters. The van der Waals surface area contributed by atoms with Crippen LogP contribution >= 0.6 is 24.8 Å². The van der Waals surface area contributed by atoms with E-state index in [1.165, 1.54) is 0 Å². The topological polar surface area (TPSA) is 48.5 Å². The van der Waals surface area contributed by atoms with E-state index in [0.717, 1.165) is 56.9 Å². The van der Waals surface area contributed by atoms with Crippen molar-refractivity contribution >= 4 is 30.7 Å². The van der Waals surface area contributed by atoms with Gasteiger partial charge in [0, 0.05) is 57.2 Å². The number of aryl methyl sites for hydroxylation is 1. The molecule has 5 nitrogen and oxygen atoms in total. The Morgan fingerprint density at radius 3 is 2.65 bits per heavy atom. The van der Waals surface area contributed by atoms with Crippen molar-refractivity contribution in [3.63, 3.8) is 0 Å². The van der Waals surface area contributed by atoms with E-state index in [0.29, 0.717) is 12.5 Å². The van der Waals surface area contributed by atoms with Gasteiger partial charge in [0.15, 0.2) is 0 Å². The quantitative estimate of drug-likeness (QED) is 0.881. The Kier molecular flexibility index (Phi) is 8.26. The number of amides is 1. The van der Waals surface area contributed by atoms with Gasteiger partial charge in [0.25, 0.3) is 0 Å². The highest BCUT2D eigenvalue weighted by atomic mass is 35.5. The van der Waals surface area contributed by atoms with Crippen LogP contribution in [-0.2, 0) is 11.2 Å². The Balaban J connectivity index is 0.00000132. The molecule has 0 saturated carbocycles. The van der Waals surface area contributed by atoms with Crippen LogP contribution in [0.5, 0.6) is 0 Å². The summed E-state index contributed by atoms with van der Waals surface area (Å²) < 4.78 is 0. The molecule has 0 radical (unpaired) electrons. The molecule has 130 valence electrons. The SMILES string of the molecule is Cc1ccc(CC(=O)N2CCC(N3CCNCC3)C2)cn1.Cl.Cl. The average molecular weight is 361 g/mol. The molecule has 1 aromatic heterocycles. The number of aromatic nitrogens is 1. The maximum absolute atomic E-state index is 12.4. The van der Waals surface area contributed by atoms with Gasteiger partial charge in [-0.3, -0.25) is 14.7 Å². The number of nitrogens with zero attached hydrogens (tertiary/aromatic N) is 3. The van der Waals surface area contributed by atoms with Crippen LogP contribution in [-0.4, -0.2) is 66.0 Å². The molecule has 2 saturated heterocycles. The molecule has 2 aliphatic rings. The molecule has 1 unspecified atom stereocenters. The smallest absolute Gasteiger partial charge is 0.227 e. The Bertz CT molecular complexity index is 491. The highest BCUT2D eigenvalue weighted by Crippen LogP contribution is 2.17. The number of hydrogen-bond acceptors (Lipinski definition) is 4. The summed E-state index contributed by atoms with van der Waals surface area (Å²) in [6, 6.07) is 4.52. The minimum Gasteiger partial charge on any atom is -0.341 e. The summed E-state index contributed by atoms with van der Waals surface area (Å²) in [5.41, 5.74) is 2.00. The first-order chi connectivity index (χ1) is 10.2. The van der Waals surface area contributed by atoms with E-state index >= 15 is 0 Å².